The molecule has 2 aromatic rings. The van der Waals surface area contributed by atoms with Gasteiger partial charge in [0.25, 0.3) is 0 Å². The fraction of sp³-hybridized carbons (Fsp3) is 0.333. The fourth-order valence-electron chi connectivity index (χ4n) is 3.37. The molecule has 1 amide bonds. The topological polar surface area (TPSA) is 92.8 Å². The zero-order valence-electron chi connectivity index (χ0n) is 16.8. The Kier molecular flexibility index (Phi) is 7.59. The molecular formula is C21H22Cl2N2O5S. The van der Waals surface area contributed by atoms with Crippen LogP contribution in [0.15, 0.2) is 42.5 Å². The molecule has 1 aliphatic heterocycles. The van der Waals surface area contributed by atoms with E-state index in [-0.39, 0.29) is 30.7 Å². The van der Waals surface area contributed by atoms with Gasteiger partial charge in [-0.3, -0.25) is 4.79 Å². The summed E-state index contributed by atoms with van der Waals surface area (Å²) in [4.78, 5) is 24.0. The first-order valence-electron chi connectivity index (χ1n) is 9.60. The SMILES string of the molecule is COC(=O)c1ccc(NC(=O)C2CCN(S(=O)(=O)Cc3ccc(Cl)cc3Cl)CC2)cc1. The van der Waals surface area contributed by atoms with Crippen LogP contribution in [0.5, 0.6) is 0 Å². The van der Waals surface area contributed by atoms with E-state index in [2.05, 4.69) is 10.1 Å². The Morgan fingerprint density at radius 1 is 1.10 bits per heavy atom. The van der Waals surface area contributed by atoms with Crippen LogP contribution in [0.1, 0.15) is 28.8 Å². The largest absolute Gasteiger partial charge is 0.465 e. The number of halogens is 2. The molecule has 0 bridgehead atoms. The maximum absolute atomic E-state index is 12.8. The second-order valence-corrected chi connectivity index (χ2v) is 10.0. The fourth-order valence-corrected chi connectivity index (χ4v) is 5.52. The first kappa shape index (κ1) is 23.5. The van der Waals surface area contributed by atoms with E-state index in [9.17, 15) is 18.0 Å². The lowest BCUT2D eigenvalue weighted by Crippen LogP contribution is -2.41. The molecule has 1 N–H and O–H groups in total. The third-order valence-electron chi connectivity index (χ3n) is 5.14. The van der Waals surface area contributed by atoms with E-state index in [4.69, 9.17) is 23.2 Å². The number of anilines is 1. The lowest BCUT2D eigenvalue weighted by Gasteiger charge is -2.30. The van der Waals surface area contributed by atoms with E-state index in [1.165, 1.54) is 17.5 Å². The van der Waals surface area contributed by atoms with Crippen molar-refractivity contribution in [2.75, 3.05) is 25.5 Å². The van der Waals surface area contributed by atoms with Gasteiger partial charge in [-0.15, -0.1) is 0 Å². The van der Waals surface area contributed by atoms with Crippen LogP contribution < -0.4 is 5.32 Å². The van der Waals surface area contributed by atoms with Crippen LogP contribution in [0.25, 0.3) is 0 Å². The second-order valence-electron chi connectivity index (χ2n) is 7.22. The van der Waals surface area contributed by atoms with E-state index in [0.717, 1.165) is 0 Å². The van der Waals surface area contributed by atoms with Crippen LogP contribution in [-0.2, 0) is 25.3 Å². The number of hydrogen-bond donors (Lipinski definition) is 1. The first-order chi connectivity index (χ1) is 14.7. The van der Waals surface area contributed by atoms with Gasteiger partial charge in [0.2, 0.25) is 15.9 Å². The van der Waals surface area contributed by atoms with Crippen LogP contribution >= 0.6 is 23.2 Å². The number of piperidine rings is 1. The van der Waals surface area contributed by atoms with Crippen LogP contribution in [0.4, 0.5) is 5.69 Å². The molecule has 0 unspecified atom stereocenters. The molecule has 3 rings (SSSR count). The smallest absolute Gasteiger partial charge is 0.337 e. The average Bonchev–Trinajstić information content (AvgIpc) is 2.75. The predicted molar refractivity (Wildman–Crippen MR) is 120 cm³/mol. The van der Waals surface area contributed by atoms with Crippen molar-refractivity contribution in [2.45, 2.75) is 18.6 Å². The molecule has 0 aliphatic carbocycles. The van der Waals surface area contributed by atoms with Gasteiger partial charge in [0.05, 0.1) is 18.4 Å². The molecule has 10 heteroatoms. The van der Waals surface area contributed by atoms with Crippen LogP contribution in [0.2, 0.25) is 10.0 Å². The maximum Gasteiger partial charge on any atom is 0.337 e. The van der Waals surface area contributed by atoms with E-state index in [1.807, 2.05) is 0 Å². The number of benzene rings is 2. The molecule has 166 valence electrons. The van der Waals surface area contributed by atoms with E-state index < -0.39 is 16.0 Å². The van der Waals surface area contributed by atoms with Gasteiger partial charge in [-0.25, -0.2) is 17.5 Å². The summed E-state index contributed by atoms with van der Waals surface area (Å²) in [7, 11) is -2.26. The number of carbonyl (C=O) groups is 2. The Balaban J connectivity index is 1.55. The summed E-state index contributed by atoms with van der Waals surface area (Å²) in [5.74, 6) is -1.15. The van der Waals surface area contributed by atoms with Gasteiger partial charge >= 0.3 is 5.97 Å². The highest BCUT2D eigenvalue weighted by atomic mass is 35.5. The minimum atomic E-state index is -3.56. The van der Waals surface area contributed by atoms with Gasteiger partial charge in [-0.2, -0.15) is 0 Å². The van der Waals surface area contributed by atoms with Crippen LogP contribution in [0.3, 0.4) is 0 Å². The van der Waals surface area contributed by atoms with E-state index in [1.54, 1.807) is 36.4 Å². The Morgan fingerprint density at radius 2 is 1.74 bits per heavy atom. The molecule has 1 saturated heterocycles. The van der Waals surface area contributed by atoms with Crippen molar-refractivity contribution in [2.24, 2.45) is 5.92 Å². The summed E-state index contributed by atoms with van der Waals surface area (Å²) in [6.07, 6.45) is 0.833. The van der Waals surface area contributed by atoms with Gasteiger partial charge in [0.15, 0.2) is 0 Å². The lowest BCUT2D eigenvalue weighted by atomic mass is 9.97. The van der Waals surface area contributed by atoms with Crippen molar-refractivity contribution in [3.63, 3.8) is 0 Å². The third kappa shape index (κ3) is 5.98. The van der Waals surface area contributed by atoms with Crippen molar-refractivity contribution < 1.29 is 22.7 Å². The molecule has 0 atom stereocenters. The first-order valence-corrected chi connectivity index (χ1v) is 12.0. The minimum absolute atomic E-state index is 0.177. The summed E-state index contributed by atoms with van der Waals surface area (Å²) in [6.45, 7) is 0.514. The van der Waals surface area contributed by atoms with Gasteiger partial charge in [-0.1, -0.05) is 29.3 Å². The summed E-state index contributed by atoms with van der Waals surface area (Å²) >= 11 is 12.0. The summed E-state index contributed by atoms with van der Waals surface area (Å²) in [6, 6.07) is 11.1. The number of methoxy groups -OCH3 is 1. The normalized spacial score (nSPS) is 15.5. The highest BCUT2D eigenvalue weighted by Crippen LogP contribution is 2.27. The molecule has 2 aromatic carbocycles. The van der Waals surface area contributed by atoms with Gasteiger partial charge in [0, 0.05) is 34.7 Å². The predicted octanol–water partition coefficient (Wildman–Crippen LogP) is 3.96. The molecule has 1 heterocycles. The zero-order valence-corrected chi connectivity index (χ0v) is 19.1. The number of esters is 1. The Bertz CT molecular complexity index is 1070. The summed E-state index contributed by atoms with van der Waals surface area (Å²) in [5, 5.41) is 3.56. The molecule has 1 aliphatic rings. The standard InChI is InChI=1S/C21H22Cl2N2O5S/c1-30-21(27)15-3-6-18(7-4-15)24-20(26)14-8-10-25(11-9-14)31(28,29)13-16-2-5-17(22)12-19(16)23/h2-7,12,14H,8-11,13H2,1H3,(H,24,26). The summed E-state index contributed by atoms with van der Waals surface area (Å²) < 4.78 is 31.6. The molecule has 7 nitrogen and oxygen atoms in total. The van der Waals surface area contributed by atoms with E-state index >= 15 is 0 Å². The minimum Gasteiger partial charge on any atom is -0.465 e. The Morgan fingerprint density at radius 3 is 2.32 bits per heavy atom. The number of rotatable bonds is 6. The number of amides is 1. The Labute approximate surface area is 191 Å². The summed E-state index contributed by atoms with van der Waals surface area (Å²) in [5.41, 5.74) is 1.44. The Hall–Kier alpha value is -2.13. The number of nitrogens with one attached hydrogen (secondary N) is 1. The van der Waals surface area contributed by atoms with Crippen molar-refractivity contribution in [3.8, 4) is 0 Å². The highest BCUT2D eigenvalue weighted by Gasteiger charge is 2.31. The van der Waals surface area contributed by atoms with Crippen molar-refractivity contribution >= 4 is 50.8 Å². The number of ether oxygens (including phenoxy) is 1. The van der Waals surface area contributed by atoms with Gasteiger partial charge < -0.3 is 10.1 Å². The third-order valence-corrected chi connectivity index (χ3v) is 7.56. The lowest BCUT2D eigenvalue weighted by molar-refractivity contribution is -0.120. The van der Waals surface area contributed by atoms with Crippen LogP contribution in [-0.4, -0.2) is 44.8 Å². The molecular weight excluding hydrogens is 463 g/mol. The van der Waals surface area contributed by atoms with Crippen molar-refractivity contribution in [1.29, 1.82) is 0 Å². The molecule has 0 aromatic heterocycles. The van der Waals surface area contributed by atoms with Crippen molar-refractivity contribution in [1.82, 2.24) is 4.31 Å². The molecule has 1 fully saturated rings. The maximum atomic E-state index is 12.8. The highest BCUT2D eigenvalue weighted by molar-refractivity contribution is 7.88. The quantitative estimate of drug-likeness (QED) is 0.626. The second kappa shape index (κ2) is 9.99. The number of carbonyl (C=O) groups excluding carboxylic acids is 2. The zero-order chi connectivity index (χ0) is 22.6. The van der Waals surface area contributed by atoms with Gasteiger partial charge in [0.1, 0.15) is 0 Å². The average molecular weight is 485 g/mol. The van der Waals surface area contributed by atoms with E-state index in [0.29, 0.717) is 39.7 Å². The monoisotopic (exact) mass is 484 g/mol. The molecule has 0 saturated carbocycles. The molecule has 0 radical (unpaired) electrons. The molecule has 31 heavy (non-hydrogen) atoms. The number of nitrogens with zero attached hydrogens (tertiary/aromatic N) is 1. The van der Waals surface area contributed by atoms with Gasteiger partial charge in [-0.05, 0) is 54.8 Å². The molecule has 0 spiro atoms. The van der Waals surface area contributed by atoms with Crippen molar-refractivity contribution in [3.05, 3.63) is 63.6 Å². The number of sulfonamides is 1. The number of hydrogen-bond acceptors (Lipinski definition) is 5. The van der Waals surface area contributed by atoms with Crippen LogP contribution in [0, 0.1) is 5.92 Å².